The van der Waals surface area contributed by atoms with Gasteiger partial charge < -0.3 is 9.47 Å². The fraction of sp³-hybridized carbons (Fsp3) is 0.192. The molecule has 1 aliphatic rings. The van der Waals surface area contributed by atoms with Crippen molar-refractivity contribution in [3.63, 3.8) is 0 Å². The van der Waals surface area contributed by atoms with Crippen LogP contribution in [0.2, 0.25) is 0 Å². The van der Waals surface area contributed by atoms with Crippen LogP contribution in [0.5, 0.6) is 0 Å². The maximum atomic E-state index is 13.2. The summed E-state index contributed by atoms with van der Waals surface area (Å²) in [5.41, 5.74) is 6.18. The molecule has 0 saturated carbocycles. The molecule has 1 amide bonds. The molecule has 0 unspecified atom stereocenters. The molecule has 1 aliphatic heterocycles. The predicted octanol–water partition coefficient (Wildman–Crippen LogP) is 4.82. The summed E-state index contributed by atoms with van der Waals surface area (Å²) in [5.74, 6) is 0.213. The van der Waals surface area contributed by atoms with Gasteiger partial charge in [0.25, 0.3) is 0 Å². The fourth-order valence-corrected chi connectivity index (χ4v) is 4.45. The van der Waals surface area contributed by atoms with Crippen LogP contribution in [0.1, 0.15) is 22.4 Å². The normalized spacial score (nSPS) is 14.1. The molecular weight excluding hydrogens is 356 g/mol. The summed E-state index contributed by atoms with van der Waals surface area (Å²) < 4.78 is 2.35. The van der Waals surface area contributed by atoms with Crippen molar-refractivity contribution in [3.8, 4) is 0 Å². The molecule has 2 heterocycles. The topological polar surface area (TPSA) is 25.2 Å². The molecule has 0 bridgehead atoms. The van der Waals surface area contributed by atoms with Crippen LogP contribution in [0.25, 0.3) is 10.9 Å². The second kappa shape index (κ2) is 7.59. The van der Waals surface area contributed by atoms with Gasteiger partial charge in [0.1, 0.15) is 0 Å². The Hall–Kier alpha value is -3.33. The molecule has 3 aromatic carbocycles. The summed E-state index contributed by atoms with van der Waals surface area (Å²) in [6.07, 6.45) is 1.36. The van der Waals surface area contributed by atoms with Crippen molar-refractivity contribution in [1.29, 1.82) is 0 Å². The average Bonchev–Trinajstić information content (AvgIpc) is 2.94. The third kappa shape index (κ3) is 3.44. The molecule has 0 aliphatic carbocycles. The van der Waals surface area contributed by atoms with Crippen LogP contribution in [-0.4, -0.2) is 21.9 Å². The van der Waals surface area contributed by atoms with E-state index in [0.29, 0.717) is 13.0 Å². The van der Waals surface area contributed by atoms with Crippen molar-refractivity contribution < 1.29 is 4.79 Å². The van der Waals surface area contributed by atoms with Gasteiger partial charge in [-0.2, -0.15) is 0 Å². The molecule has 0 fully saturated rings. The Morgan fingerprint density at radius 2 is 1.34 bits per heavy atom. The summed E-state index contributed by atoms with van der Waals surface area (Å²) in [6.45, 7) is 2.24. The lowest BCUT2D eigenvalue weighted by Crippen LogP contribution is -2.32. The van der Waals surface area contributed by atoms with Gasteiger partial charge in [-0.25, -0.2) is 0 Å². The standard InChI is InChI=1S/C26H24N2O/c29-26-17-25-23(15-16-27(26)18-20-9-3-1-4-10-20)22-13-7-8-14-24(22)28(25)19-21-11-5-2-6-12-21/h1-14H,15-19H2. The van der Waals surface area contributed by atoms with Crippen molar-refractivity contribution in [1.82, 2.24) is 9.47 Å². The summed E-state index contributed by atoms with van der Waals surface area (Å²) in [4.78, 5) is 15.2. The lowest BCUT2D eigenvalue weighted by Gasteiger charge is -2.21. The Kier molecular flexibility index (Phi) is 4.65. The number of carbonyl (C=O) groups excluding carboxylic acids is 1. The first-order valence-electron chi connectivity index (χ1n) is 10.2. The van der Waals surface area contributed by atoms with Gasteiger partial charge >= 0.3 is 0 Å². The van der Waals surface area contributed by atoms with E-state index in [-0.39, 0.29) is 5.91 Å². The highest BCUT2D eigenvalue weighted by Crippen LogP contribution is 2.30. The first-order chi connectivity index (χ1) is 14.3. The SMILES string of the molecule is O=C1Cc2c(c3ccccc3n2Cc2ccccc2)CCN1Cc1ccccc1. The highest BCUT2D eigenvalue weighted by atomic mass is 16.2. The smallest absolute Gasteiger partial charge is 0.228 e. The van der Waals surface area contributed by atoms with Gasteiger partial charge in [-0.15, -0.1) is 0 Å². The van der Waals surface area contributed by atoms with Crippen molar-refractivity contribution in [3.05, 3.63) is 107 Å². The molecule has 3 nitrogen and oxygen atoms in total. The number of nitrogens with zero attached hydrogens (tertiary/aromatic N) is 2. The number of hydrogen-bond acceptors (Lipinski definition) is 1. The van der Waals surface area contributed by atoms with Gasteiger partial charge in [0.05, 0.1) is 6.42 Å². The predicted molar refractivity (Wildman–Crippen MR) is 117 cm³/mol. The van der Waals surface area contributed by atoms with E-state index in [2.05, 4.69) is 65.2 Å². The molecule has 1 aromatic heterocycles. The van der Waals surface area contributed by atoms with E-state index in [0.717, 1.165) is 19.5 Å². The molecule has 0 saturated heterocycles. The molecule has 29 heavy (non-hydrogen) atoms. The monoisotopic (exact) mass is 380 g/mol. The zero-order valence-corrected chi connectivity index (χ0v) is 16.4. The maximum Gasteiger partial charge on any atom is 0.228 e. The Labute approximate surface area is 171 Å². The Bertz CT molecular complexity index is 1150. The first-order valence-corrected chi connectivity index (χ1v) is 10.2. The number of fused-ring (bicyclic) bond motifs is 3. The van der Waals surface area contributed by atoms with E-state index in [4.69, 9.17) is 0 Å². The maximum absolute atomic E-state index is 13.2. The Balaban J connectivity index is 1.52. The summed E-state index contributed by atoms with van der Waals surface area (Å²) in [5, 5.41) is 1.28. The highest BCUT2D eigenvalue weighted by molar-refractivity contribution is 5.89. The summed E-state index contributed by atoms with van der Waals surface area (Å²) in [7, 11) is 0. The van der Waals surface area contributed by atoms with Gasteiger partial charge in [0.2, 0.25) is 5.91 Å². The van der Waals surface area contributed by atoms with Crippen molar-refractivity contribution in [2.45, 2.75) is 25.9 Å². The van der Waals surface area contributed by atoms with Crippen molar-refractivity contribution >= 4 is 16.8 Å². The zero-order chi connectivity index (χ0) is 19.6. The molecule has 0 N–H and O–H groups in total. The quantitative estimate of drug-likeness (QED) is 0.498. The van der Waals surface area contributed by atoms with Crippen LogP contribution in [0.3, 0.4) is 0 Å². The van der Waals surface area contributed by atoms with Gasteiger partial charge in [-0.05, 0) is 29.2 Å². The van der Waals surface area contributed by atoms with E-state index in [1.807, 2.05) is 29.2 Å². The van der Waals surface area contributed by atoms with Crippen LogP contribution in [-0.2, 0) is 30.7 Å². The third-order valence-corrected chi connectivity index (χ3v) is 5.90. The number of carbonyl (C=O) groups is 1. The average molecular weight is 380 g/mol. The number of para-hydroxylation sites is 1. The van der Waals surface area contributed by atoms with Gasteiger partial charge in [-0.3, -0.25) is 4.79 Å². The molecule has 0 spiro atoms. The lowest BCUT2D eigenvalue weighted by atomic mass is 10.1. The zero-order valence-electron chi connectivity index (χ0n) is 16.4. The van der Waals surface area contributed by atoms with E-state index in [9.17, 15) is 4.79 Å². The minimum atomic E-state index is 0.213. The number of rotatable bonds is 4. The van der Waals surface area contributed by atoms with Crippen LogP contribution in [0.4, 0.5) is 0 Å². The van der Waals surface area contributed by atoms with Crippen LogP contribution >= 0.6 is 0 Å². The molecular formula is C26H24N2O. The van der Waals surface area contributed by atoms with E-state index in [1.54, 1.807) is 0 Å². The first kappa shape index (κ1) is 17.7. The summed E-state index contributed by atoms with van der Waals surface area (Å²) in [6, 6.07) is 29.4. The van der Waals surface area contributed by atoms with Gasteiger partial charge in [0, 0.05) is 36.2 Å². The second-order valence-corrected chi connectivity index (χ2v) is 7.74. The van der Waals surface area contributed by atoms with Crippen LogP contribution in [0, 0.1) is 0 Å². The fourth-order valence-electron chi connectivity index (χ4n) is 4.45. The van der Waals surface area contributed by atoms with Gasteiger partial charge in [0.15, 0.2) is 0 Å². The molecule has 0 radical (unpaired) electrons. The van der Waals surface area contributed by atoms with Crippen LogP contribution < -0.4 is 0 Å². The van der Waals surface area contributed by atoms with E-state index >= 15 is 0 Å². The molecule has 144 valence electrons. The number of benzene rings is 3. The Morgan fingerprint density at radius 1 is 0.724 bits per heavy atom. The minimum Gasteiger partial charge on any atom is -0.339 e. The molecule has 5 rings (SSSR count). The number of amides is 1. The van der Waals surface area contributed by atoms with E-state index < -0.39 is 0 Å². The molecule has 4 aromatic rings. The minimum absolute atomic E-state index is 0.213. The number of hydrogen-bond donors (Lipinski definition) is 0. The second-order valence-electron chi connectivity index (χ2n) is 7.74. The summed E-state index contributed by atoms with van der Waals surface area (Å²) >= 11 is 0. The van der Waals surface area contributed by atoms with Crippen molar-refractivity contribution in [2.75, 3.05) is 6.54 Å². The largest absolute Gasteiger partial charge is 0.339 e. The van der Waals surface area contributed by atoms with Crippen molar-refractivity contribution in [2.24, 2.45) is 0 Å². The van der Waals surface area contributed by atoms with Crippen LogP contribution in [0.15, 0.2) is 84.9 Å². The van der Waals surface area contributed by atoms with Gasteiger partial charge in [-0.1, -0.05) is 78.9 Å². The van der Waals surface area contributed by atoms with E-state index in [1.165, 1.54) is 33.3 Å². The molecule has 3 heteroatoms. The third-order valence-electron chi connectivity index (χ3n) is 5.90. The Morgan fingerprint density at radius 3 is 2.07 bits per heavy atom. The molecule has 0 atom stereocenters. The number of aromatic nitrogens is 1. The lowest BCUT2D eigenvalue weighted by molar-refractivity contribution is -0.130. The highest BCUT2D eigenvalue weighted by Gasteiger charge is 2.26.